The van der Waals surface area contributed by atoms with Crippen LogP contribution in [-0.2, 0) is 16.0 Å². The Morgan fingerprint density at radius 1 is 1.08 bits per heavy atom. The van der Waals surface area contributed by atoms with Gasteiger partial charge in [-0.3, -0.25) is 0 Å². The molecule has 2 nitrogen and oxygen atoms in total. The third-order valence-corrected chi connectivity index (χ3v) is 4.77. The summed E-state index contributed by atoms with van der Waals surface area (Å²) in [6, 6.07) is 8.47. The van der Waals surface area contributed by atoms with Crippen LogP contribution in [0.2, 0.25) is 0 Å². The van der Waals surface area contributed by atoms with Gasteiger partial charge in [-0.15, -0.1) is 0 Å². The summed E-state index contributed by atoms with van der Waals surface area (Å²) in [5, 5.41) is 0. The van der Waals surface area contributed by atoms with E-state index in [0.29, 0.717) is 12.2 Å². The molecule has 0 atom stereocenters. The number of Topliss-reactive ketones (excluding diaryl/α,β-unsaturated/α-hetero) is 1. The lowest BCUT2D eigenvalue weighted by Crippen LogP contribution is -2.06. The Bertz CT molecular complexity index is 455. The van der Waals surface area contributed by atoms with E-state index in [0.717, 1.165) is 37.9 Å². The molecular weight excluding hydrogens is 296 g/mol. The number of hydrogen-bond acceptors (Lipinski definition) is 2. The van der Waals surface area contributed by atoms with E-state index < -0.39 is 0 Å². The van der Waals surface area contributed by atoms with Gasteiger partial charge in [0.1, 0.15) is 12.1 Å². The zero-order valence-corrected chi connectivity index (χ0v) is 15.6. The van der Waals surface area contributed by atoms with Crippen molar-refractivity contribution in [1.29, 1.82) is 0 Å². The Morgan fingerprint density at radius 2 is 1.75 bits per heavy atom. The molecule has 2 rings (SSSR count). The first kappa shape index (κ1) is 20.6. The monoisotopic (exact) mass is 330 g/mol. The second kappa shape index (κ2) is 12.9. The molecule has 0 aromatic heterocycles. The highest BCUT2D eigenvalue weighted by Gasteiger charge is 2.12. The van der Waals surface area contributed by atoms with E-state index in [2.05, 4.69) is 31.2 Å². The van der Waals surface area contributed by atoms with Gasteiger partial charge in [0, 0.05) is 12.8 Å². The minimum atomic E-state index is 0.353. The average Bonchev–Trinajstić information content (AvgIpc) is 2.58. The Balaban J connectivity index is 0.000000240. The molecule has 0 spiro atoms. The van der Waals surface area contributed by atoms with Gasteiger partial charge in [-0.1, -0.05) is 68.4 Å². The molecule has 0 saturated heterocycles. The summed E-state index contributed by atoms with van der Waals surface area (Å²) < 4.78 is 0. The van der Waals surface area contributed by atoms with Gasteiger partial charge >= 0.3 is 0 Å². The third-order valence-electron chi connectivity index (χ3n) is 4.77. The molecular formula is C22H34O2. The topological polar surface area (TPSA) is 34.1 Å². The highest BCUT2D eigenvalue weighted by atomic mass is 16.1. The number of carbonyl (C=O) groups is 2. The molecule has 1 aromatic carbocycles. The van der Waals surface area contributed by atoms with Gasteiger partial charge in [0.2, 0.25) is 0 Å². The molecule has 0 unspecified atom stereocenters. The number of aldehydes is 1. The molecule has 24 heavy (non-hydrogen) atoms. The summed E-state index contributed by atoms with van der Waals surface area (Å²) in [4.78, 5) is 20.7. The van der Waals surface area contributed by atoms with Crippen LogP contribution in [-0.4, -0.2) is 12.1 Å². The normalized spacial score (nSPS) is 14.6. The number of unbranched alkanes of at least 4 members (excludes halogenated alkanes) is 1. The maximum atomic E-state index is 10.7. The van der Waals surface area contributed by atoms with Crippen molar-refractivity contribution >= 4 is 12.1 Å². The Kier molecular flexibility index (Phi) is 11.1. The standard InChI is InChI=1S/C11H14O.C11H20O/c1-10-5-7-11(8-6-10)4-2-3-9-12;1-10(12)6-5-9-11-7-3-2-4-8-11/h5-9H,2-4H2,1H3;11H,2-9H2,1H3. The van der Waals surface area contributed by atoms with Crippen molar-refractivity contribution in [3.8, 4) is 0 Å². The number of benzene rings is 1. The fourth-order valence-electron chi connectivity index (χ4n) is 3.26. The van der Waals surface area contributed by atoms with Crippen LogP contribution in [0.15, 0.2) is 24.3 Å². The van der Waals surface area contributed by atoms with Gasteiger partial charge in [0.25, 0.3) is 0 Å². The molecule has 1 aliphatic carbocycles. The Morgan fingerprint density at radius 3 is 2.33 bits per heavy atom. The molecule has 1 aliphatic rings. The quantitative estimate of drug-likeness (QED) is 0.443. The highest BCUT2D eigenvalue weighted by molar-refractivity contribution is 5.75. The van der Waals surface area contributed by atoms with E-state index in [1.807, 2.05) is 0 Å². The van der Waals surface area contributed by atoms with Gasteiger partial charge in [-0.05, 0) is 44.6 Å². The zero-order chi connectivity index (χ0) is 17.6. The number of ketones is 1. The van der Waals surface area contributed by atoms with Gasteiger partial charge in [0.05, 0.1) is 0 Å². The van der Waals surface area contributed by atoms with Crippen molar-refractivity contribution < 1.29 is 9.59 Å². The van der Waals surface area contributed by atoms with E-state index in [9.17, 15) is 9.59 Å². The summed E-state index contributed by atoms with van der Waals surface area (Å²) in [5.74, 6) is 1.30. The van der Waals surface area contributed by atoms with Crippen LogP contribution in [0.4, 0.5) is 0 Å². The predicted molar refractivity (Wildman–Crippen MR) is 101 cm³/mol. The molecule has 1 fully saturated rings. The largest absolute Gasteiger partial charge is 0.303 e. The maximum absolute atomic E-state index is 10.7. The lowest BCUT2D eigenvalue weighted by atomic mass is 9.85. The first-order chi connectivity index (χ1) is 11.6. The van der Waals surface area contributed by atoms with E-state index in [1.54, 1.807) is 6.92 Å². The van der Waals surface area contributed by atoms with E-state index in [4.69, 9.17) is 0 Å². The van der Waals surface area contributed by atoms with Crippen molar-refractivity contribution in [1.82, 2.24) is 0 Å². The number of hydrogen-bond donors (Lipinski definition) is 0. The summed E-state index contributed by atoms with van der Waals surface area (Å²) >= 11 is 0. The average molecular weight is 331 g/mol. The molecule has 134 valence electrons. The van der Waals surface area contributed by atoms with Crippen molar-refractivity contribution in [2.75, 3.05) is 0 Å². The Hall–Kier alpha value is -1.44. The van der Waals surface area contributed by atoms with Crippen molar-refractivity contribution in [2.24, 2.45) is 5.92 Å². The fourth-order valence-corrected chi connectivity index (χ4v) is 3.26. The number of aryl methyl sites for hydroxylation is 2. The molecule has 0 aliphatic heterocycles. The molecule has 1 aromatic rings. The lowest BCUT2D eigenvalue weighted by Gasteiger charge is -2.20. The van der Waals surface area contributed by atoms with E-state index >= 15 is 0 Å². The maximum Gasteiger partial charge on any atom is 0.129 e. The first-order valence-corrected chi connectivity index (χ1v) is 9.60. The lowest BCUT2D eigenvalue weighted by molar-refractivity contribution is -0.117. The third kappa shape index (κ3) is 10.4. The van der Waals surface area contributed by atoms with Crippen LogP contribution in [0.3, 0.4) is 0 Å². The second-order valence-electron chi connectivity index (χ2n) is 7.14. The molecule has 0 amide bonds. The SMILES string of the molecule is CC(=O)CCCC1CCCCC1.Cc1ccc(CCCC=O)cc1. The first-order valence-electron chi connectivity index (χ1n) is 9.60. The fraction of sp³-hybridized carbons (Fsp3) is 0.636. The minimum absolute atomic E-state index is 0.353. The molecule has 2 heteroatoms. The number of rotatable bonds is 8. The second-order valence-corrected chi connectivity index (χ2v) is 7.14. The molecule has 0 bridgehead atoms. The van der Waals surface area contributed by atoms with Gasteiger partial charge < -0.3 is 9.59 Å². The summed E-state index contributed by atoms with van der Waals surface area (Å²) in [6.45, 7) is 3.77. The highest BCUT2D eigenvalue weighted by Crippen LogP contribution is 2.27. The van der Waals surface area contributed by atoms with Crippen LogP contribution in [0.1, 0.15) is 82.3 Å². The van der Waals surface area contributed by atoms with Crippen LogP contribution >= 0.6 is 0 Å². The van der Waals surface area contributed by atoms with Crippen LogP contribution < -0.4 is 0 Å². The van der Waals surface area contributed by atoms with E-state index in [1.165, 1.54) is 49.7 Å². The summed E-state index contributed by atoms with van der Waals surface area (Å²) in [7, 11) is 0. The molecule has 1 saturated carbocycles. The molecule has 0 radical (unpaired) electrons. The van der Waals surface area contributed by atoms with Gasteiger partial charge in [-0.25, -0.2) is 0 Å². The zero-order valence-electron chi connectivity index (χ0n) is 15.6. The van der Waals surface area contributed by atoms with Crippen molar-refractivity contribution in [3.63, 3.8) is 0 Å². The van der Waals surface area contributed by atoms with Crippen molar-refractivity contribution in [2.45, 2.75) is 84.5 Å². The van der Waals surface area contributed by atoms with Gasteiger partial charge in [0.15, 0.2) is 0 Å². The van der Waals surface area contributed by atoms with E-state index in [-0.39, 0.29) is 0 Å². The minimum Gasteiger partial charge on any atom is -0.303 e. The van der Waals surface area contributed by atoms with Crippen LogP contribution in [0.25, 0.3) is 0 Å². The van der Waals surface area contributed by atoms with Crippen LogP contribution in [0, 0.1) is 12.8 Å². The number of carbonyl (C=O) groups excluding carboxylic acids is 2. The smallest absolute Gasteiger partial charge is 0.129 e. The van der Waals surface area contributed by atoms with Crippen molar-refractivity contribution in [3.05, 3.63) is 35.4 Å². The van der Waals surface area contributed by atoms with Crippen LogP contribution in [0.5, 0.6) is 0 Å². The predicted octanol–water partition coefficient (Wildman–Crippen LogP) is 5.84. The summed E-state index contributed by atoms with van der Waals surface area (Å²) in [5.41, 5.74) is 2.61. The molecule has 0 heterocycles. The molecule has 0 N–H and O–H groups in total. The van der Waals surface area contributed by atoms with Gasteiger partial charge in [-0.2, -0.15) is 0 Å². The Labute approximate surface area is 148 Å². The summed E-state index contributed by atoms with van der Waals surface area (Å²) in [6.07, 6.45) is 14.0.